The van der Waals surface area contributed by atoms with E-state index in [4.69, 9.17) is 0 Å². The summed E-state index contributed by atoms with van der Waals surface area (Å²) in [6, 6.07) is 24.1. The third-order valence-corrected chi connectivity index (χ3v) is 3.43. The van der Waals surface area contributed by atoms with Gasteiger partial charge < -0.3 is 10.6 Å². The zero-order chi connectivity index (χ0) is 15.4. The largest absolute Gasteiger partial charge is 0.355 e. The van der Waals surface area contributed by atoms with Crippen LogP contribution in [0, 0.1) is 0 Å². The summed E-state index contributed by atoms with van der Waals surface area (Å²) in [7, 11) is 0. The highest BCUT2D eigenvalue weighted by atomic mass is 14.9. The van der Waals surface area contributed by atoms with E-state index in [1.54, 1.807) is 0 Å². The second kappa shape index (κ2) is 6.19. The lowest BCUT2D eigenvalue weighted by atomic mass is 10.2. The van der Waals surface area contributed by atoms with E-state index < -0.39 is 0 Å². The molecule has 0 spiro atoms. The van der Waals surface area contributed by atoms with Gasteiger partial charge in [-0.2, -0.15) is 0 Å². The monoisotopic (exact) mass is 286 g/mol. The quantitative estimate of drug-likeness (QED) is 0.757. The van der Waals surface area contributed by atoms with Crippen molar-refractivity contribution in [3.8, 4) is 0 Å². The molecule has 108 valence electrons. The highest BCUT2D eigenvalue weighted by molar-refractivity contribution is 5.67. The second-order valence-corrected chi connectivity index (χ2v) is 5.15. The van der Waals surface area contributed by atoms with Crippen LogP contribution in [0.4, 0.5) is 22.7 Å². The molecule has 0 bridgehead atoms. The maximum atomic E-state index is 4.13. The van der Waals surface area contributed by atoms with Crippen LogP contribution in [0.5, 0.6) is 0 Å². The Kier molecular flexibility index (Phi) is 3.92. The zero-order valence-electron chi connectivity index (χ0n) is 12.3. The molecule has 0 aliphatic carbocycles. The Morgan fingerprint density at radius 3 is 1.27 bits per heavy atom. The number of anilines is 4. The van der Waals surface area contributed by atoms with E-state index in [9.17, 15) is 0 Å². The van der Waals surface area contributed by atoms with E-state index in [0.717, 1.165) is 33.2 Å². The van der Waals surface area contributed by atoms with Gasteiger partial charge in [0.25, 0.3) is 0 Å². The van der Waals surface area contributed by atoms with Gasteiger partial charge in [-0.15, -0.1) is 0 Å². The molecular weight excluding hydrogens is 268 g/mol. The zero-order valence-corrected chi connectivity index (χ0v) is 12.3. The average molecular weight is 286 g/mol. The summed E-state index contributed by atoms with van der Waals surface area (Å²) in [5.74, 6) is 0. The molecule has 0 saturated carbocycles. The van der Waals surface area contributed by atoms with Crippen LogP contribution in [0.25, 0.3) is 13.2 Å². The van der Waals surface area contributed by atoms with E-state index >= 15 is 0 Å². The SMILES string of the molecule is C=c1cc(Nc2ccccc2)c(=C)cc1Nc1ccccc1. The Bertz CT molecular complexity index is 780. The van der Waals surface area contributed by atoms with Gasteiger partial charge in [0.15, 0.2) is 0 Å². The molecule has 3 rings (SSSR count). The fourth-order valence-corrected chi connectivity index (χ4v) is 2.28. The van der Waals surface area contributed by atoms with Crippen LogP contribution in [-0.2, 0) is 0 Å². The average Bonchev–Trinajstić information content (AvgIpc) is 2.54. The summed E-state index contributed by atoms with van der Waals surface area (Å²) in [5, 5.41) is 8.60. The summed E-state index contributed by atoms with van der Waals surface area (Å²) in [6.45, 7) is 8.26. The number of para-hydroxylation sites is 2. The summed E-state index contributed by atoms with van der Waals surface area (Å²) in [5.41, 5.74) is 4.01. The number of rotatable bonds is 4. The summed E-state index contributed by atoms with van der Waals surface area (Å²) < 4.78 is 0. The van der Waals surface area contributed by atoms with Gasteiger partial charge in [0, 0.05) is 22.7 Å². The van der Waals surface area contributed by atoms with Crippen LogP contribution < -0.4 is 21.1 Å². The Morgan fingerprint density at radius 2 is 0.909 bits per heavy atom. The topological polar surface area (TPSA) is 24.1 Å². The number of nitrogens with one attached hydrogen (secondary N) is 2. The van der Waals surface area contributed by atoms with E-state index in [2.05, 4.69) is 23.8 Å². The highest BCUT2D eigenvalue weighted by Gasteiger charge is 2.01. The van der Waals surface area contributed by atoms with Gasteiger partial charge >= 0.3 is 0 Å². The fraction of sp³-hybridized carbons (Fsp3) is 0. The number of hydrogen-bond donors (Lipinski definition) is 2. The van der Waals surface area contributed by atoms with Crippen LogP contribution in [0.15, 0.2) is 72.8 Å². The molecule has 0 fully saturated rings. The Morgan fingerprint density at radius 1 is 0.545 bits per heavy atom. The maximum absolute atomic E-state index is 4.13. The molecule has 0 amide bonds. The van der Waals surface area contributed by atoms with Gasteiger partial charge in [0.2, 0.25) is 0 Å². The second-order valence-electron chi connectivity index (χ2n) is 5.15. The molecule has 0 unspecified atom stereocenters. The van der Waals surface area contributed by atoms with Crippen LogP contribution in [-0.4, -0.2) is 0 Å². The maximum Gasteiger partial charge on any atom is 0.0459 e. The molecule has 2 heteroatoms. The van der Waals surface area contributed by atoms with Crippen molar-refractivity contribution in [3.05, 3.63) is 83.2 Å². The van der Waals surface area contributed by atoms with E-state index in [1.165, 1.54) is 0 Å². The first-order valence-electron chi connectivity index (χ1n) is 7.18. The molecule has 3 aromatic rings. The fourth-order valence-electron chi connectivity index (χ4n) is 2.28. The number of hydrogen-bond acceptors (Lipinski definition) is 2. The standard InChI is InChI=1S/C20H18N2/c1-15-13-20(22-18-11-7-4-8-12-18)16(2)14-19(15)21-17-9-5-3-6-10-17/h3-14,21-22H,1-2H2. The van der Waals surface area contributed by atoms with Gasteiger partial charge in [-0.25, -0.2) is 0 Å². The van der Waals surface area contributed by atoms with E-state index in [-0.39, 0.29) is 0 Å². The predicted molar refractivity (Wildman–Crippen MR) is 96.2 cm³/mol. The smallest absolute Gasteiger partial charge is 0.0459 e. The first-order valence-corrected chi connectivity index (χ1v) is 7.18. The lowest BCUT2D eigenvalue weighted by Crippen LogP contribution is -2.16. The third kappa shape index (κ3) is 3.18. The van der Waals surface area contributed by atoms with Crippen molar-refractivity contribution in [2.45, 2.75) is 0 Å². The molecule has 0 heterocycles. The molecule has 0 aliphatic rings. The van der Waals surface area contributed by atoms with Gasteiger partial charge in [-0.05, 0) is 46.8 Å². The van der Waals surface area contributed by atoms with Crippen molar-refractivity contribution in [1.29, 1.82) is 0 Å². The van der Waals surface area contributed by atoms with Gasteiger partial charge in [0.1, 0.15) is 0 Å². The van der Waals surface area contributed by atoms with Crippen LogP contribution >= 0.6 is 0 Å². The molecule has 3 aromatic carbocycles. The minimum absolute atomic E-state index is 0.926. The van der Waals surface area contributed by atoms with Crippen LogP contribution in [0.2, 0.25) is 0 Å². The Labute approximate surface area is 130 Å². The lowest BCUT2D eigenvalue weighted by Gasteiger charge is -2.11. The molecule has 0 aliphatic heterocycles. The molecule has 2 N–H and O–H groups in total. The van der Waals surface area contributed by atoms with Crippen molar-refractivity contribution in [1.82, 2.24) is 0 Å². The Balaban J connectivity index is 1.89. The normalized spacial score (nSPS) is 10.2. The molecule has 0 aromatic heterocycles. The van der Waals surface area contributed by atoms with Crippen molar-refractivity contribution in [2.75, 3.05) is 10.6 Å². The molecule has 22 heavy (non-hydrogen) atoms. The summed E-state index contributed by atoms with van der Waals surface area (Å²) in [4.78, 5) is 0. The summed E-state index contributed by atoms with van der Waals surface area (Å²) >= 11 is 0. The van der Waals surface area contributed by atoms with E-state index in [0.29, 0.717) is 0 Å². The highest BCUT2D eigenvalue weighted by Crippen LogP contribution is 2.14. The van der Waals surface area contributed by atoms with Crippen molar-refractivity contribution in [2.24, 2.45) is 0 Å². The molecule has 0 radical (unpaired) electrons. The lowest BCUT2D eigenvalue weighted by molar-refractivity contribution is 1.46. The van der Waals surface area contributed by atoms with Crippen LogP contribution in [0.1, 0.15) is 0 Å². The first-order chi connectivity index (χ1) is 10.7. The molecule has 0 saturated heterocycles. The number of benzene rings is 3. The van der Waals surface area contributed by atoms with Gasteiger partial charge in [0.05, 0.1) is 0 Å². The predicted octanol–water partition coefficient (Wildman–Crippen LogP) is 3.99. The first kappa shape index (κ1) is 14.0. The minimum Gasteiger partial charge on any atom is -0.355 e. The van der Waals surface area contributed by atoms with E-state index in [1.807, 2.05) is 72.8 Å². The molecule has 0 atom stereocenters. The third-order valence-electron chi connectivity index (χ3n) is 3.43. The van der Waals surface area contributed by atoms with Crippen LogP contribution in [0.3, 0.4) is 0 Å². The van der Waals surface area contributed by atoms with Crippen molar-refractivity contribution in [3.63, 3.8) is 0 Å². The van der Waals surface area contributed by atoms with Gasteiger partial charge in [-0.3, -0.25) is 0 Å². The van der Waals surface area contributed by atoms with Gasteiger partial charge in [-0.1, -0.05) is 49.6 Å². The van der Waals surface area contributed by atoms with Crippen molar-refractivity contribution >= 4 is 35.9 Å². The molecular formula is C20H18N2. The Hall–Kier alpha value is -3.00. The van der Waals surface area contributed by atoms with Crippen molar-refractivity contribution < 1.29 is 0 Å². The molecule has 2 nitrogen and oxygen atoms in total. The summed E-state index contributed by atoms with van der Waals surface area (Å²) in [6.07, 6.45) is 0. The minimum atomic E-state index is 0.926.